The third-order valence-electron chi connectivity index (χ3n) is 5.97. The molecule has 0 bridgehead atoms. The van der Waals surface area contributed by atoms with Crippen molar-refractivity contribution in [1.82, 2.24) is 0 Å². The molecule has 0 amide bonds. The second-order valence-corrected chi connectivity index (χ2v) is 7.74. The SMILES string of the molecule is CCC(C)Cc1ccc(C2CCC(c3ccc(C#N)cc3)CC2)cc1. The van der Waals surface area contributed by atoms with E-state index < -0.39 is 0 Å². The van der Waals surface area contributed by atoms with Gasteiger partial charge in [-0.1, -0.05) is 56.7 Å². The van der Waals surface area contributed by atoms with Crippen LogP contribution in [0.1, 0.15) is 80.0 Å². The number of rotatable bonds is 5. The van der Waals surface area contributed by atoms with E-state index in [9.17, 15) is 0 Å². The van der Waals surface area contributed by atoms with Gasteiger partial charge in [0.05, 0.1) is 11.6 Å². The Labute approximate surface area is 152 Å². The molecule has 0 heterocycles. The van der Waals surface area contributed by atoms with E-state index in [1.807, 2.05) is 12.1 Å². The van der Waals surface area contributed by atoms with E-state index in [2.05, 4.69) is 56.3 Å². The Balaban J connectivity index is 1.57. The highest BCUT2D eigenvalue weighted by Crippen LogP contribution is 2.40. The number of hydrogen-bond donors (Lipinski definition) is 0. The molecule has 1 fully saturated rings. The zero-order valence-corrected chi connectivity index (χ0v) is 15.5. The molecule has 0 aromatic heterocycles. The van der Waals surface area contributed by atoms with Crippen LogP contribution in [0.2, 0.25) is 0 Å². The number of nitriles is 1. The molecule has 1 aliphatic rings. The average Bonchev–Trinajstić information content (AvgIpc) is 2.69. The average molecular weight is 332 g/mol. The summed E-state index contributed by atoms with van der Waals surface area (Å²) in [7, 11) is 0. The number of nitrogens with zero attached hydrogens (tertiary/aromatic N) is 1. The second kappa shape index (κ2) is 8.34. The van der Waals surface area contributed by atoms with Gasteiger partial charge < -0.3 is 0 Å². The first-order chi connectivity index (χ1) is 12.2. The van der Waals surface area contributed by atoms with Gasteiger partial charge in [0.15, 0.2) is 0 Å². The fourth-order valence-corrected chi connectivity index (χ4v) is 4.06. The van der Waals surface area contributed by atoms with Gasteiger partial charge in [-0.15, -0.1) is 0 Å². The fraction of sp³-hybridized carbons (Fsp3) is 0.458. The summed E-state index contributed by atoms with van der Waals surface area (Å²) in [4.78, 5) is 0. The first-order valence-corrected chi connectivity index (χ1v) is 9.78. The Kier molecular flexibility index (Phi) is 5.92. The quantitative estimate of drug-likeness (QED) is 0.606. The molecule has 0 radical (unpaired) electrons. The van der Waals surface area contributed by atoms with Crippen molar-refractivity contribution in [2.75, 3.05) is 0 Å². The second-order valence-electron chi connectivity index (χ2n) is 7.74. The molecule has 0 aliphatic heterocycles. The Hall–Kier alpha value is -2.07. The van der Waals surface area contributed by atoms with Crippen molar-refractivity contribution in [3.8, 4) is 6.07 Å². The van der Waals surface area contributed by atoms with Crippen molar-refractivity contribution in [2.24, 2.45) is 5.92 Å². The zero-order chi connectivity index (χ0) is 17.6. The molecular formula is C24H29N. The topological polar surface area (TPSA) is 23.8 Å². The summed E-state index contributed by atoms with van der Waals surface area (Å²) in [5.41, 5.74) is 5.16. The van der Waals surface area contributed by atoms with Crippen LogP contribution >= 0.6 is 0 Å². The van der Waals surface area contributed by atoms with E-state index in [-0.39, 0.29) is 0 Å². The van der Waals surface area contributed by atoms with Crippen molar-refractivity contribution < 1.29 is 0 Å². The van der Waals surface area contributed by atoms with Gasteiger partial charge in [-0.2, -0.15) is 5.26 Å². The molecule has 2 aromatic rings. The highest BCUT2D eigenvalue weighted by molar-refractivity contribution is 5.33. The molecule has 1 heteroatoms. The van der Waals surface area contributed by atoms with Gasteiger partial charge in [-0.3, -0.25) is 0 Å². The molecule has 1 aliphatic carbocycles. The first kappa shape index (κ1) is 17.7. The van der Waals surface area contributed by atoms with Crippen LogP contribution in [0.4, 0.5) is 0 Å². The predicted octanol–water partition coefficient (Wildman–Crippen LogP) is 6.59. The summed E-state index contributed by atoms with van der Waals surface area (Å²) in [5.74, 6) is 2.15. The van der Waals surface area contributed by atoms with Gasteiger partial charge >= 0.3 is 0 Å². The summed E-state index contributed by atoms with van der Waals surface area (Å²) >= 11 is 0. The normalized spacial score (nSPS) is 21.5. The molecule has 3 rings (SSSR count). The third kappa shape index (κ3) is 4.51. The summed E-state index contributed by atoms with van der Waals surface area (Å²) in [6.07, 6.45) is 7.50. The van der Waals surface area contributed by atoms with E-state index >= 15 is 0 Å². The van der Waals surface area contributed by atoms with Gasteiger partial charge in [-0.25, -0.2) is 0 Å². The maximum Gasteiger partial charge on any atom is 0.0991 e. The largest absolute Gasteiger partial charge is 0.192 e. The van der Waals surface area contributed by atoms with Crippen molar-refractivity contribution >= 4 is 0 Å². The van der Waals surface area contributed by atoms with Crippen LogP contribution in [-0.4, -0.2) is 0 Å². The predicted molar refractivity (Wildman–Crippen MR) is 105 cm³/mol. The standard InChI is InChI=1S/C24H29N/c1-3-18(2)16-19-4-8-21(9-5-19)23-12-14-24(15-13-23)22-10-6-20(17-25)7-11-22/h4-11,18,23-24H,3,12-16H2,1-2H3. The molecular weight excluding hydrogens is 302 g/mol. The van der Waals surface area contributed by atoms with Gasteiger partial charge in [0.1, 0.15) is 0 Å². The first-order valence-electron chi connectivity index (χ1n) is 9.78. The number of benzene rings is 2. The molecule has 1 nitrogen and oxygen atoms in total. The van der Waals surface area contributed by atoms with Crippen molar-refractivity contribution in [3.63, 3.8) is 0 Å². The Morgan fingerprint density at radius 1 is 0.880 bits per heavy atom. The van der Waals surface area contributed by atoms with E-state index in [0.29, 0.717) is 11.8 Å². The summed E-state index contributed by atoms with van der Waals surface area (Å²) < 4.78 is 0. The lowest BCUT2D eigenvalue weighted by Crippen LogP contribution is -2.12. The van der Waals surface area contributed by atoms with Crippen molar-refractivity contribution in [2.45, 2.75) is 64.2 Å². The van der Waals surface area contributed by atoms with Gasteiger partial charge in [0.2, 0.25) is 0 Å². The Bertz CT molecular complexity index is 697. The maximum atomic E-state index is 8.93. The van der Waals surface area contributed by atoms with Crippen LogP contribution in [-0.2, 0) is 6.42 Å². The minimum absolute atomic E-state index is 0.661. The third-order valence-corrected chi connectivity index (χ3v) is 5.97. The summed E-state index contributed by atoms with van der Waals surface area (Å²) in [5, 5.41) is 8.93. The lowest BCUT2D eigenvalue weighted by atomic mass is 9.76. The van der Waals surface area contributed by atoms with Gasteiger partial charge in [0.25, 0.3) is 0 Å². The molecule has 2 aromatic carbocycles. The minimum atomic E-state index is 0.661. The smallest absolute Gasteiger partial charge is 0.0991 e. The van der Waals surface area contributed by atoms with Crippen molar-refractivity contribution in [1.29, 1.82) is 5.26 Å². The van der Waals surface area contributed by atoms with Crippen LogP contribution in [0.3, 0.4) is 0 Å². The molecule has 0 N–H and O–H groups in total. The Morgan fingerprint density at radius 3 is 1.80 bits per heavy atom. The zero-order valence-electron chi connectivity index (χ0n) is 15.5. The minimum Gasteiger partial charge on any atom is -0.192 e. The van der Waals surface area contributed by atoms with Crippen molar-refractivity contribution in [3.05, 3.63) is 70.8 Å². The molecule has 0 spiro atoms. The fourth-order valence-electron chi connectivity index (χ4n) is 4.06. The van der Waals surface area contributed by atoms with Crippen LogP contribution in [0.15, 0.2) is 48.5 Å². The maximum absolute atomic E-state index is 8.93. The van der Waals surface area contributed by atoms with Gasteiger partial charge in [-0.05, 0) is 78.7 Å². The number of hydrogen-bond acceptors (Lipinski definition) is 1. The van der Waals surface area contributed by atoms with E-state index in [0.717, 1.165) is 11.5 Å². The van der Waals surface area contributed by atoms with E-state index in [4.69, 9.17) is 5.26 Å². The van der Waals surface area contributed by atoms with Crippen LogP contribution in [0, 0.1) is 17.2 Å². The summed E-state index contributed by atoms with van der Waals surface area (Å²) in [6, 6.07) is 19.8. The van der Waals surface area contributed by atoms with Gasteiger partial charge in [0, 0.05) is 0 Å². The monoisotopic (exact) mass is 331 g/mol. The molecule has 130 valence electrons. The Morgan fingerprint density at radius 2 is 1.36 bits per heavy atom. The lowest BCUT2D eigenvalue weighted by Gasteiger charge is -2.29. The molecule has 1 atom stereocenters. The molecule has 1 saturated carbocycles. The van der Waals surface area contributed by atoms with Crippen LogP contribution in [0.25, 0.3) is 0 Å². The molecule has 25 heavy (non-hydrogen) atoms. The van der Waals surface area contributed by atoms with Crippen LogP contribution in [0.5, 0.6) is 0 Å². The highest BCUT2D eigenvalue weighted by Gasteiger charge is 2.23. The highest BCUT2D eigenvalue weighted by atomic mass is 14.3. The summed E-state index contributed by atoms with van der Waals surface area (Å²) in [6.45, 7) is 4.60. The molecule has 1 unspecified atom stereocenters. The lowest BCUT2D eigenvalue weighted by molar-refractivity contribution is 0.396. The molecule has 0 saturated heterocycles. The van der Waals surface area contributed by atoms with E-state index in [1.54, 1.807) is 0 Å². The van der Waals surface area contributed by atoms with Crippen LogP contribution < -0.4 is 0 Å². The van der Waals surface area contributed by atoms with E-state index in [1.165, 1.54) is 55.2 Å².